The number of nitrogens with one attached hydrogen (secondary N) is 1. The maximum absolute atomic E-state index is 9.37. The highest BCUT2D eigenvalue weighted by molar-refractivity contribution is 6.30. The van der Waals surface area contributed by atoms with Crippen molar-refractivity contribution < 1.29 is 5.11 Å². The van der Waals surface area contributed by atoms with Crippen molar-refractivity contribution in [2.75, 3.05) is 25.0 Å². The van der Waals surface area contributed by atoms with Gasteiger partial charge in [0.2, 0.25) is 0 Å². The van der Waals surface area contributed by atoms with Gasteiger partial charge in [-0.05, 0) is 50.1 Å². The third-order valence-corrected chi connectivity index (χ3v) is 3.31. The summed E-state index contributed by atoms with van der Waals surface area (Å²) in [6, 6.07) is 5.98. The summed E-state index contributed by atoms with van der Waals surface area (Å²) in [5, 5.41) is 13.5. The Hall–Kier alpha value is -0.770. The van der Waals surface area contributed by atoms with Crippen molar-refractivity contribution in [2.24, 2.45) is 0 Å². The van der Waals surface area contributed by atoms with Gasteiger partial charge in [-0.15, -0.1) is 0 Å². The fourth-order valence-electron chi connectivity index (χ4n) is 1.97. The highest BCUT2D eigenvalue weighted by atomic mass is 35.5. The Morgan fingerprint density at radius 2 is 2.16 bits per heavy atom. The lowest BCUT2D eigenvalue weighted by Gasteiger charge is -2.23. The Labute approximate surface area is 121 Å². The van der Waals surface area contributed by atoms with Crippen molar-refractivity contribution in [2.45, 2.75) is 39.3 Å². The van der Waals surface area contributed by atoms with E-state index in [1.807, 2.05) is 25.1 Å². The van der Waals surface area contributed by atoms with E-state index in [2.05, 4.69) is 24.2 Å². The van der Waals surface area contributed by atoms with Crippen LogP contribution < -0.4 is 10.2 Å². The van der Waals surface area contributed by atoms with Crippen molar-refractivity contribution in [3.05, 3.63) is 28.8 Å². The zero-order chi connectivity index (χ0) is 14.3. The Bertz CT molecular complexity index is 382. The van der Waals surface area contributed by atoms with Crippen LogP contribution in [0.3, 0.4) is 0 Å². The first-order valence-electron chi connectivity index (χ1n) is 6.93. The fraction of sp³-hybridized carbons (Fsp3) is 0.600. The van der Waals surface area contributed by atoms with Crippen molar-refractivity contribution >= 4 is 17.3 Å². The summed E-state index contributed by atoms with van der Waals surface area (Å²) in [6.45, 7) is 6.63. The monoisotopic (exact) mass is 284 g/mol. The van der Waals surface area contributed by atoms with Crippen molar-refractivity contribution in [1.29, 1.82) is 0 Å². The van der Waals surface area contributed by atoms with Crippen LogP contribution in [-0.4, -0.2) is 31.3 Å². The molecule has 19 heavy (non-hydrogen) atoms. The summed E-state index contributed by atoms with van der Waals surface area (Å²) in [7, 11) is 2.05. The first-order valence-corrected chi connectivity index (χ1v) is 7.30. The zero-order valence-corrected chi connectivity index (χ0v) is 12.9. The molecular formula is C15H25ClN2O. The number of benzene rings is 1. The smallest absolute Gasteiger partial charge is 0.0528 e. The molecule has 0 fully saturated rings. The number of aliphatic hydroxyl groups excluding tert-OH is 1. The van der Waals surface area contributed by atoms with Crippen LogP contribution in [0.5, 0.6) is 0 Å². The largest absolute Gasteiger partial charge is 0.393 e. The number of anilines is 1. The van der Waals surface area contributed by atoms with Gasteiger partial charge in [-0.25, -0.2) is 0 Å². The average Bonchev–Trinajstić information content (AvgIpc) is 2.36. The topological polar surface area (TPSA) is 35.5 Å². The molecule has 0 aliphatic carbocycles. The molecule has 4 heteroatoms. The highest BCUT2D eigenvalue weighted by Gasteiger charge is 2.09. The van der Waals surface area contributed by atoms with Gasteiger partial charge in [0, 0.05) is 30.8 Å². The third-order valence-electron chi connectivity index (χ3n) is 3.08. The molecule has 2 N–H and O–H groups in total. The number of hydrogen-bond donors (Lipinski definition) is 2. The minimum Gasteiger partial charge on any atom is -0.393 e. The van der Waals surface area contributed by atoms with Crippen LogP contribution >= 0.6 is 11.6 Å². The zero-order valence-electron chi connectivity index (χ0n) is 12.1. The molecule has 0 heterocycles. The lowest BCUT2D eigenvalue weighted by molar-refractivity contribution is 0.187. The summed E-state index contributed by atoms with van der Waals surface area (Å²) >= 11 is 6.08. The Balaban J connectivity index is 2.74. The van der Waals surface area contributed by atoms with Gasteiger partial charge in [-0.1, -0.05) is 18.5 Å². The van der Waals surface area contributed by atoms with Gasteiger partial charge in [0.05, 0.1) is 6.10 Å². The van der Waals surface area contributed by atoms with Crippen LogP contribution in [0, 0.1) is 0 Å². The van der Waals surface area contributed by atoms with Gasteiger partial charge in [0.25, 0.3) is 0 Å². The molecule has 1 atom stereocenters. The van der Waals surface area contributed by atoms with Gasteiger partial charge in [0.1, 0.15) is 0 Å². The number of rotatable bonds is 8. The average molecular weight is 285 g/mol. The summed E-state index contributed by atoms with van der Waals surface area (Å²) in [5.74, 6) is 0. The molecule has 0 spiro atoms. The van der Waals surface area contributed by atoms with E-state index in [1.54, 1.807) is 0 Å². The van der Waals surface area contributed by atoms with Crippen molar-refractivity contribution in [3.8, 4) is 0 Å². The molecule has 108 valence electrons. The second-order valence-corrected chi connectivity index (χ2v) is 5.45. The quantitative estimate of drug-likeness (QED) is 0.720. The minimum atomic E-state index is -0.267. The fourth-order valence-corrected chi connectivity index (χ4v) is 2.16. The molecule has 0 radical (unpaired) electrons. The Morgan fingerprint density at radius 3 is 2.79 bits per heavy atom. The van der Waals surface area contributed by atoms with Gasteiger partial charge in [-0.3, -0.25) is 0 Å². The predicted octanol–water partition coefficient (Wildman–Crippen LogP) is 3.05. The van der Waals surface area contributed by atoms with E-state index >= 15 is 0 Å². The molecule has 0 aromatic heterocycles. The van der Waals surface area contributed by atoms with E-state index in [1.165, 1.54) is 11.3 Å². The normalized spacial score (nSPS) is 12.5. The van der Waals surface area contributed by atoms with E-state index < -0.39 is 0 Å². The second-order valence-electron chi connectivity index (χ2n) is 5.01. The van der Waals surface area contributed by atoms with Crippen LogP contribution in [0.2, 0.25) is 5.02 Å². The van der Waals surface area contributed by atoms with E-state index in [0.29, 0.717) is 0 Å². The first-order chi connectivity index (χ1) is 9.04. The lowest BCUT2D eigenvalue weighted by Crippen LogP contribution is -2.24. The van der Waals surface area contributed by atoms with Crippen LogP contribution in [0.4, 0.5) is 5.69 Å². The van der Waals surface area contributed by atoms with Crippen LogP contribution in [0.25, 0.3) is 0 Å². The first kappa shape index (κ1) is 16.3. The number of aliphatic hydroxyl groups is 1. The molecule has 1 aromatic carbocycles. The highest BCUT2D eigenvalue weighted by Crippen LogP contribution is 2.24. The molecular weight excluding hydrogens is 260 g/mol. The Kier molecular flexibility index (Phi) is 7.21. The van der Waals surface area contributed by atoms with Gasteiger partial charge in [-0.2, -0.15) is 0 Å². The van der Waals surface area contributed by atoms with Crippen LogP contribution in [-0.2, 0) is 6.54 Å². The predicted molar refractivity (Wildman–Crippen MR) is 83.0 cm³/mol. The van der Waals surface area contributed by atoms with Gasteiger partial charge in [0.15, 0.2) is 0 Å². The molecule has 1 unspecified atom stereocenters. The van der Waals surface area contributed by atoms with Crippen molar-refractivity contribution in [3.63, 3.8) is 0 Å². The van der Waals surface area contributed by atoms with E-state index in [-0.39, 0.29) is 6.10 Å². The van der Waals surface area contributed by atoms with Crippen LogP contribution in [0.15, 0.2) is 18.2 Å². The Morgan fingerprint density at radius 1 is 1.42 bits per heavy atom. The third kappa shape index (κ3) is 5.81. The molecule has 1 rings (SSSR count). The van der Waals surface area contributed by atoms with E-state index in [9.17, 15) is 5.11 Å². The standard InChI is InChI=1S/C15H25ClN2O/c1-4-8-17-11-13-10-14(16)5-6-15(13)18(3)9-7-12(2)19/h5-6,10,12,17,19H,4,7-9,11H2,1-3H3. The lowest BCUT2D eigenvalue weighted by atomic mass is 10.1. The number of nitrogens with zero attached hydrogens (tertiary/aromatic N) is 1. The van der Waals surface area contributed by atoms with Crippen molar-refractivity contribution in [1.82, 2.24) is 5.32 Å². The maximum atomic E-state index is 9.37. The maximum Gasteiger partial charge on any atom is 0.0528 e. The summed E-state index contributed by atoms with van der Waals surface area (Å²) in [6.07, 6.45) is 1.62. The molecule has 1 aromatic rings. The summed E-state index contributed by atoms with van der Waals surface area (Å²) in [5.41, 5.74) is 2.38. The molecule has 3 nitrogen and oxygen atoms in total. The SMILES string of the molecule is CCCNCc1cc(Cl)ccc1N(C)CCC(C)O. The van der Waals surface area contributed by atoms with Crippen LogP contribution in [0.1, 0.15) is 32.3 Å². The molecule has 0 bridgehead atoms. The number of hydrogen-bond acceptors (Lipinski definition) is 3. The van der Waals surface area contributed by atoms with Gasteiger partial charge < -0.3 is 15.3 Å². The van der Waals surface area contributed by atoms with Gasteiger partial charge >= 0.3 is 0 Å². The van der Waals surface area contributed by atoms with E-state index in [4.69, 9.17) is 11.6 Å². The minimum absolute atomic E-state index is 0.267. The summed E-state index contributed by atoms with van der Waals surface area (Å²) < 4.78 is 0. The summed E-state index contributed by atoms with van der Waals surface area (Å²) in [4.78, 5) is 2.17. The van der Waals surface area contributed by atoms with E-state index in [0.717, 1.165) is 37.5 Å². The molecule has 0 amide bonds. The molecule has 0 aliphatic heterocycles. The molecule has 0 saturated carbocycles. The number of halogens is 1. The molecule has 0 aliphatic rings. The molecule has 0 saturated heterocycles. The second kappa shape index (κ2) is 8.41.